The summed E-state index contributed by atoms with van der Waals surface area (Å²) in [5, 5.41) is 0. The van der Waals surface area contributed by atoms with E-state index in [2.05, 4.69) is 15.6 Å². The van der Waals surface area contributed by atoms with Crippen LogP contribution in [0.25, 0.3) is 0 Å². The quantitative estimate of drug-likeness (QED) is 0.412. The molecule has 0 heterocycles. The number of hydrogen-bond donors (Lipinski definition) is 3. The molecule has 0 atom stereocenters. The lowest BCUT2D eigenvalue weighted by Crippen LogP contribution is -2.44. The highest BCUT2D eigenvalue weighted by atomic mass is 32.2. The average Bonchev–Trinajstić information content (AvgIpc) is 2.69. The molecule has 3 N–H and O–H groups in total. The van der Waals surface area contributed by atoms with Crippen LogP contribution < -0.4 is 20.3 Å². The minimum absolute atomic E-state index is 0.0191. The van der Waals surface area contributed by atoms with Gasteiger partial charge in [-0.1, -0.05) is 0 Å². The van der Waals surface area contributed by atoms with E-state index in [1.54, 1.807) is 0 Å². The second-order valence-corrected chi connectivity index (χ2v) is 7.56. The molecule has 0 bridgehead atoms. The number of hydrazine groups is 1. The summed E-state index contributed by atoms with van der Waals surface area (Å²) < 4.78 is 57.0. The van der Waals surface area contributed by atoms with Gasteiger partial charge in [0.1, 0.15) is 17.4 Å². The number of nitrogens with one attached hydrogen (secondary N) is 3. The number of amides is 2. The van der Waals surface area contributed by atoms with Crippen LogP contribution in [0.2, 0.25) is 0 Å². The maximum absolute atomic E-state index is 12.8. The molecule has 0 fully saturated rings. The highest BCUT2D eigenvalue weighted by Gasteiger charge is 2.13. The van der Waals surface area contributed by atoms with Crippen LogP contribution in [0, 0.1) is 11.6 Å². The van der Waals surface area contributed by atoms with Crippen LogP contribution in [0.4, 0.5) is 8.78 Å². The number of carbonyl (C=O) groups is 2. The van der Waals surface area contributed by atoms with E-state index in [1.807, 2.05) is 0 Å². The number of carbonyl (C=O) groups excluding carboxylic acids is 2. The van der Waals surface area contributed by atoms with Crippen molar-refractivity contribution in [1.82, 2.24) is 15.6 Å². The van der Waals surface area contributed by atoms with Crippen LogP contribution in [0.15, 0.2) is 53.4 Å². The predicted octanol–water partition coefficient (Wildman–Crippen LogP) is 1.25. The van der Waals surface area contributed by atoms with Crippen molar-refractivity contribution in [1.29, 1.82) is 0 Å². The molecule has 0 aliphatic carbocycles. The zero-order chi connectivity index (χ0) is 21.3. The first-order valence-corrected chi connectivity index (χ1v) is 9.96. The SMILES string of the molecule is O=C(CCCNS(=O)(=O)c1ccc(F)cc1)NNC(=O)COc1ccc(F)cc1. The van der Waals surface area contributed by atoms with Gasteiger partial charge in [-0.2, -0.15) is 0 Å². The molecule has 0 spiro atoms. The van der Waals surface area contributed by atoms with Gasteiger partial charge < -0.3 is 4.74 Å². The summed E-state index contributed by atoms with van der Waals surface area (Å²) in [6.07, 6.45) is 0.124. The molecule has 0 aromatic heterocycles. The maximum atomic E-state index is 12.8. The Hall–Kier alpha value is -3.05. The number of halogens is 2. The molecule has 0 aliphatic rings. The van der Waals surface area contributed by atoms with Gasteiger partial charge in [-0.15, -0.1) is 0 Å². The maximum Gasteiger partial charge on any atom is 0.276 e. The molecule has 0 radical (unpaired) electrons. The topological polar surface area (TPSA) is 114 Å². The molecular weight excluding hydrogens is 408 g/mol. The normalized spacial score (nSPS) is 11.0. The van der Waals surface area contributed by atoms with E-state index in [-0.39, 0.29) is 30.9 Å². The van der Waals surface area contributed by atoms with Crippen LogP contribution in [-0.2, 0) is 19.6 Å². The van der Waals surface area contributed by atoms with Crippen molar-refractivity contribution >= 4 is 21.8 Å². The molecule has 29 heavy (non-hydrogen) atoms. The lowest BCUT2D eigenvalue weighted by atomic mass is 10.3. The van der Waals surface area contributed by atoms with Gasteiger partial charge in [0.25, 0.3) is 5.91 Å². The summed E-state index contributed by atoms with van der Waals surface area (Å²) in [6.45, 7) is -0.405. The summed E-state index contributed by atoms with van der Waals surface area (Å²) >= 11 is 0. The summed E-state index contributed by atoms with van der Waals surface area (Å²) in [5.41, 5.74) is 4.31. The molecule has 0 unspecified atom stereocenters. The van der Waals surface area contributed by atoms with Crippen molar-refractivity contribution in [2.45, 2.75) is 17.7 Å². The van der Waals surface area contributed by atoms with Crippen molar-refractivity contribution in [3.63, 3.8) is 0 Å². The Labute approximate surface area is 166 Å². The summed E-state index contributed by atoms with van der Waals surface area (Å²) in [7, 11) is -3.80. The Balaban J connectivity index is 1.62. The van der Waals surface area contributed by atoms with Crippen molar-refractivity contribution in [3.8, 4) is 5.75 Å². The van der Waals surface area contributed by atoms with Gasteiger partial charge in [0, 0.05) is 13.0 Å². The fraction of sp³-hybridized carbons (Fsp3) is 0.222. The summed E-state index contributed by atoms with van der Waals surface area (Å²) in [5.74, 6) is -1.85. The van der Waals surface area contributed by atoms with Crippen LogP contribution >= 0.6 is 0 Å². The van der Waals surface area contributed by atoms with Gasteiger partial charge in [0.15, 0.2) is 6.61 Å². The van der Waals surface area contributed by atoms with Crippen LogP contribution in [0.3, 0.4) is 0 Å². The Bertz CT molecular complexity index is 935. The van der Waals surface area contributed by atoms with Gasteiger partial charge in [-0.05, 0) is 55.0 Å². The van der Waals surface area contributed by atoms with Crippen LogP contribution in [0.1, 0.15) is 12.8 Å². The van der Waals surface area contributed by atoms with Crippen molar-refractivity contribution in [3.05, 3.63) is 60.2 Å². The van der Waals surface area contributed by atoms with E-state index in [1.165, 1.54) is 24.3 Å². The van der Waals surface area contributed by atoms with Gasteiger partial charge in [0.2, 0.25) is 15.9 Å². The molecular formula is C18H19F2N3O5S. The second-order valence-electron chi connectivity index (χ2n) is 5.79. The molecule has 11 heteroatoms. The zero-order valence-electron chi connectivity index (χ0n) is 15.2. The van der Waals surface area contributed by atoms with E-state index in [4.69, 9.17) is 4.74 Å². The second kappa shape index (κ2) is 10.5. The van der Waals surface area contributed by atoms with Gasteiger partial charge in [0.05, 0.1) is 4.90 Å². The third kappa shape index (κ3) is 7.84. The molecule has 0 aliphatic heterocycles. The number of rotatable bonds is 9. The first-order chi connectivity index (χ1) is 13.8. The van der Waals surface area contributed by atoms with Crippen molar-refractivity contribution in [2.24, 2.45) is 0 Å². The monoisotopic (exact) mass is 427 g/mol. The van der Waals surface area contributed by atoms with Crippen LogP contribution in [0.5, 0.6) is 5.75 Å². The fourth-order valence-corrected chi connectivity index (χ4v) is 3.14. The average molecular weight is 427 g/mol. The highest BCUT2D eigenvalue weighted by molar-refractivity contribution is 7.89. The first kappa shape index (κ1) is 22.2. The minimum Gasteiger partial charge on any atom is -0.484 e. The van der Waals surface area contributed by atoms with E-state index in [0.29, 0.717) is 5.75 Å². The van der Waals surface area contributed by atoms with Gasteiger partial charge >= 0.3 is 0 Å². The molecule has 2 aromatic carbocycles. The lowest BCUT2D eigenvalue weighted by Gasteiger charge is -2.09. The lowest BCUT2D eigenvalue weighted by molar-refractivity contribution is -0.130. The van der Waals surface area contributed by atoms with E-state index in [9.17, 15) is 26.8 Å². The Morgan fingerprint density at radius 1 is 0.862 bits per heavy atom. The van der Waals surface area contributed by atoms with E-state index < -0.39 is 33.5 Å². The number of sulfonamides is 1. The Morgan fingerprint density at radius 3 is 2.03 bits per heavy atom. The van der Waals surface area contributed by atoms with Crippen LogP contribution in [-0.4, -0.2) is 33.4 Å². The molecule has 2 amide bonds. The molecule has 0 saturated heterocycles. The number of ether oxygens (including phenoxy) is 1. The first-order valence-electron chi connectivity index (χ1n) is 8.47. The summed E-state index contributed by atoms with van der Waals surface area (Å²) in [4.78, 5) is 23.2. The van der Waals surface area contributed by atoms with E-state index >= 15 is 0 Å². The molecule has 156 valence electrons. The van der Waals surface area contributed by atoms with Crippen molar-refractivity contribution < 1.29 is 31.5 Å². The van der Waals surface area contributed by atoms with E-state index in [0.717, 1.165) is 24.3 Å². The summed E-state index contributed by atoms with van der Waals surface area (Å²) in [6, 6.07) is 9.40. The molecule has 2 rings (SSSR count). The Kier molecular flexibility index (Phi) is 8.04. The molecule has 8 nitrogen and oxygen atoms in total. The Morgan fingerprint density at radius 2 is 1.41 bits per heavy atom. The van der Waals surface area contributed by atoms with Crippen molar-refractivity contribution in [2.75, 3.05) is 13.2 Å². The van der Waals surface area contributed by atoms with Gasteiger partial charge in [-0.25, -0.2) is 21.9 Å². The third-order valence-electron chi connectivity index (χ3n) is 3.52. The molecule has 2 aromatic rings. The molecule has 0 saturated carbocycles. The standard InChI is InChI=1S/C18H19F2N3O5S/c19-13-3-7-15(8-4-13)28-12-18(25)23-22-17(24)2-1-11-21-29(26,27)16-9-5-14(20)6-10-16/h3-10,21H,1-2,11-12H2,(H,22,24)(H,23,25). The number of benzene rings is 2. The predicted molar refractivity (Wildman–Crippen MR) is 99.0 cm³/mol. The fourth-order valence-electron chi connectivity index (χ4n) is 2.07. The largest absolute Gasteiger partial charge is 0.484 e. The highest BCUT2D eigenvalue weighted by Crippen LogP contribution is 2.11. The number of hydrogen-bond acceptors (Lipinski definition) is 5. The third-order valence-corrected chi connectivity index (χ3v) is 5.00. The minimum atomic E-state index is -3.80. The smallest absolute Gasteiger partial charge is 0.276 e. The zero-order valence-corrected chi connectivity index (χ0v) is 16.0. The van der Waals surface area contributed by atoms with Gasteiger partial charge in [-0.3, -0.25) is 20.4 Å².